The fourth-order valence-corrected chi connectivity index (χ4v) is 1.54. The minimum absolute atomic E-state index is 0.212. The van der Waals surface area contributed by atoms with Crippen LogP contribution in [0.4, 0.5) is 0 Å². The molecule has 0 radical (unpaired) electrons. The average Bonchev–Trinajstić information content (AvgIpc) is 2.15. The maximum absolute atomic E-state index is 11.8. The summed E-state index contributed by atoms with van der Waals surface area (Å²) in [4.78, 5) is 22.6. The van der Waals surface area contributed by atoms with E-state index in [1.165, 1.54) is 13.0 Å². The van der Waals surface area contributed by atoms with Gasteiger partial charge in [0.25, 0.3) is 0 Å². The van der Waals surface area contributed by atoms with Crippen LogP contribution in [0.15, 0.2) is 33.5 Å². The Hall–Kier alpha value is -2.10. The first-order valence-corrected chi connectivity index (χ1v) is 4.80. The SMILES string of the molecule is CC(=O)Oc1cccc2oc(C)cc(=O)c12. The van der Waals surface area contributed by atoms with Crippen LogP contribution < -0.4 is 10.2 Å². The molecular weight excluding hydrogens is 208 g/mol. The van der Waals surface area contributed by atoms with Crippen molar-refractivity contribution in [3.63, 3.8) is 0 Å². The van der Waals surface area contributed by atoms with Gasteiger partial charge >= 0.3 is 5.97 Å². The molecule has 0 N–H and O–H groups in total. The third kappa shape index (κ3) is 1.82. The van der Waals surface area contributed by atoms with Crippen LogP contribution in [-0.4, -0.2) is 5.97 Å². The van der Waals surface area contributed by atoms with Gasteiger partial charge in [0.15, 0.2) is 5.43 Å². The molecule has 0 fully saturated rings. The van der Waals surface area contributed by atoms with Crippen LogP contribution in [0.1, 0.15) is 12.7 Å². The number of hydrogen-bond acceptors (Lipinski definition) is 4. The molecule has 0 unspecified atom stereocenters. The van der Waals surface area contributed by atoms with E-state index in [9.17, 15) is 9.59 Å². The smallest absolute Gasteiger partial charge is 0.308 e. The van der Waals surface area contributed by atoms with Crippen molar-refractivity contribution in [1.29, 1.82) is 0 Å². The van der Waals surface area contributed by atoms with Gasteiger partial charge in [-0.25, -0.2) is 0 Å². The van der Waals surface area contributed by atoms with Crippen LogP contribution in [0, 0.1) is 6.92 Å². The molecule has 0 aliphatic carbocycles. The van der Waals surface area contributed by atoms with E-state index in [0.717, 1.165) is 0 Å². The Labute approximate surface area is 91.4 Å². The van der Waals surface area contributed by atoms with E-state index in [-0.39, 0.29) is 11.2 Å². The molecule has 0 spiro atoms. The number of carbonyl (C=O) groups excluding carboxylic acids is 1. The van der Waals surface area contributed by atoms with E-state index in [0.29, 0.717) is 16.7 Å². The number of carbonyl (C=O) groups is 1. The fourth-order valence-electron chi connectivity index (χ4n) is 1.54. The highest BCUT2D eigenvalue weighted by atomic mass is 16.5. The first-order chi connectivity index (χ1) is 7.58. The third-order valence-corrected chi connectivity index (χ3v) is 2.09. The topological polar surface area (TPSA) is 56.5 Å². The number of hydrogen-bond donors (Lipinski definition) is 0. The molecular formula is C12H10O4. The lowest BCUT2D eigenvalue weighted by atomic mass is 10.2. The normalized spacial score (nSPS) is 10.4. The highest BCUT2D eigenvalue weighted by Crippen LogP contribution is 2.23. The maximum atomic E-state index is 11.8. The van der Waals surface area contributed by atoms with Gasteiger partial charge in [-0.3, -0.25) is 9.59 Å². The quantitative estimate of drug-likeness (QED) is 0.542. The summed E-state index contributed by atoms with van der Waals surface area (Å²) < 4.78 is 10.3. The summed E-state index contributed by atoms with van der Waals surface area (Å²) >= 11 is 0. The van der Waals surface area contributed by atoms with E-state index in [1.54, 1.807) is 25.1 Å². The summed E-state index contributed by atoms with van der Waals surface area (Å²) in [5, 5.41) is 0.295. The maximum Gasteiger partial charge on any atom is 0.308 e. The Morgan fingerprint density at radius 3 is 2.81 bits per heavy atom. The zero-order valence-corrected chi connectivity index (χ0v) is 8.94. The molecule has 0 aliphatic rings. The largest absolute Gasteiger partial charge is 0.461 e. The van der Waals surface area contributed by atoms with Crippen LogP contribution in [0.3, 0.4) is 0 Å². The van der Waals surface area contributed by atoms with Gasteiger partial charge in [-0.2, -0.15) is 0 Å². The molecule has 1 aromatic heterocycles. The highest BCUT2D eigenvalue weighted by molar-refractivity contribution is 5.86. The number of rotatable bonds is 1. The van der Waals surface area contributed by atoms with E-state index >= 15 is 0 Å². The monoisotopic (exact) mass is 218 g/mol. The van der Waals surface area contributed by atoms with Gasteiger partial charge in [-0.1, -0.05) is 6.07 Å². The van der Waals surface area contributed by atoms with Crippen molar-refractivity contribution in [2.75, 3.05) is 0 Å². The first-order valence-electron chi connectivity index (χ1n) is 4.80. The van der Waals surface area contributed by atoms with Crippen molar-refractivity contribution in [3.05, 3.63) is 40.2 Å². The number of fused-ring (bicyclic) bond motifs is 1. The predicted octanol–water partition coefficient (Wildman–Crippen LogP) is 2.03. The summed E-state index contributed by atoms with van der Waals surface area (Å²) in [6.07, 6.45) is 0. The fraction of sp³-hybridized carbons (Fsp3) is 0.167. The Kier molecular flexibility index (Phi) is 2.48. The zero-order chi connectivity index (χ0) is 11.7. The summed E-state index contributed by atoms with van der Waals surface area (Å²) in [5.41, 5.74) is 0.208. The Morgan fingerprint density at radius 2 is 2.12 bits per heavy atom. The Balaban J connectivity index is 2.76. The predicted molar refractivity (Wildman–Crippen MR) is 58.5 cm³/mol. The van der Waals surface area contributed by atoms with Crippen LogP contribution in [-0.2, 0) is 4.79 Å². The molecule has 1 heterocycles. The lowest BCUT2D eigenvalue weighted by Gasteiger charge is -2.04. The molecule has 4 nitrogen and oxygen atoms in total. The number of aryl methyl sites for hydroxylation is 1. The van der Waals surface area contributed by atoms with Crippen molar-refractivity contribution in [3.8, 4) is 5.75 Å². The molecule has 0 amide bonds. The minimum Gasteiger partial charge on any atom is -0.461 e. The van der Waals surface area contributed by atoms with E-state index in [2.05, 4.69) is 0 Å². The zero-order valence-electron chi connectivity index (χ0n) is 8.94. The molecule has 16 heavy (non-hydrogen) atoms. The molecule has 2 aromatic rings. The lowest BCUT2D eigenvalue weighted by Crippen LogP contribution is -2.07. The van der Waals surface area contributed by atoms with E-state index in [1.807, 2.05) is 0 Å². The van der Waals surface area contributed by atoms with Crippen LogP contribution in [0.2, 0.25) is 0 Å². The van der Waals surface area contributed by atoms with Gasteiger partial charge in [0.05, 0.1) is 0 Å². The summed E-state index contributed by atoms with van der Waals surface area (Å²) in [6.45, 7) is 2.98. The lowest BCUT2D eigenvalue weighted by molar-refractivity contribution is -0.131. The van der Waals surface area contributed by atoms with Gasteiger partial charge in [0.2, 0.25) is 0 Å². The first kappa shape index (κ1) is 10.4. The van der Waals surface area contributed by atoms with Crippen molar-refractivity contribution in [2.45, 2.75) is 13.8 Å². The summed E-state index contributed by atoms with van der Waals surface area (Å²) in [5.74, 6) is 0.295. The van der Waals surface area contributed by atoms with E-state index < -0.39 is 5.97 Å². The Bertz CT molecular complexity index is 610. The Morgan fingerprint density at radius 1 is 1.38 bits per heavy atom. The molecule has 4 heteroatoms. The molecule has 0 saturated heterocycles. The van der Waals surface area contributed by atoms with Crippen LogP contribution in [0.25, 0.3) is 11.0 Å². The molecule has 0 bridgehead atoms. The second-order valence-electron chi connectivity index (χ2n) is 3.44. The average molecular weight is 218 g/mol. The molecule has 1 aromatic carbocycles. The van der Waals surface area contributed by atoms with Gasteiger partial charge in [-0.15, -0.1) is 0 Å². The number of ether oxygens (including phenoxy) is 1. The van der Waals surface area contributed by atoms with Crippen LogP contribution in [0.5, 0.6) is 5.75 Å². The minimum atomic E-state index is -0.465. The third-order valence-electron chi connectivity index (χ3n) is 2.09. The molecule has 0 aliphatic heterocycles. The van der Waals surface area contributed by atoms with E-state index in [4.69, 9.17) is 9.15 Å². The van der Waals surface area contributed by atoms with Crippen LogP contribution >= 0.6 is 0 Å². The molecule has 2 rings (SSSR count). The van der Waals surface area contributed by atoms with Gasteiger partial charge in [0.1, 0.15) is 22.5 Å². The summed E-state index contributed by atoms with van der Waals surface area (Å²) in [6, 6.07) is 6.27. The summed E-state index contributed by atoms with van der Waals surface area (Å²) in [7, 11) is 0. The van der Waals surface area contributed by atoms with Crippen molar-refractivity contribution < 1.29 is 13.9 Å². The molecule has 0 saturated carbocycles. The second kappa shape index (κ2) is 3.81. The molecule has 82 valence electrons. The standard InChI is InChI=1S/C12H10O4/c1-7-6-9(14)12-10(15-7)4-3-5-11(12)16-8(2)13/h3-6H,1-2H3. The van der Waals surface area contributed by atoms with Crippen molar-refractivity contribution >= 4 is 16.9 Å². The van der Waals surface area contributed by atoms with Gasteiger partial charge in [0, 0.05) is 13.0 Å². The van der Waals surface area contributed by atoms with Gasteiger partial charge < -0.3 is 9.15 Å². The highest BCUT2D eigenvalue weighted by Gasteiger charge is 2.10. The van der Waals surface area contributed by atoms with Crippen molar-refractivity contribution in [2.24, 2.45) is 0 Å². The number of esters is 1. The van der Waals surface area contributed by atoms with Gasteiger partial charge in [-0.05, 0) is 19.1 Å². The second-order valence-corrected chi connectivity index (χ2v) is 3.44. The van der Waals surface area contributed by atoms with Crippen molar-refractivity contribution in [1.82, 2.24) is 0 Å². The molecule has 0 atom stereocenters. The number of benzene rings is 1.